The SMILES string of the molecule is CCN(CCC#N)C(=O)Nc1ccc(O)cc1C(=O)O. The van der Waals surface area contributed by atoms with Crippen molar-refractivity contribution in [3.8, 4) is 11.8 Å². The van der Waals surface area contributed by atoms with E-state index < -0.39 is 12.0 Å². The van der Waals surface area contributed by atoms with Gasteiger partial charge in [-0.15, -0.1) is 0 Å². The number of urea groups is 1. The van der Waals surface area contributed by atoms with E-state index in [1.807, 2.05) is 6.07 Å². The number of nitrogens with one attached hydrogen (secondary N) is 1. The molecule has 0 spiro atoms. The number of rotatable bonds is 5. The summed E-state index contributed by atoms with van der Waals surface area (Å²) in [6.07, 6.45) is 0.197. The summed E-state index contributed by atoms with van der Waals surface area (Å²) >= 11 is 0. The summed E-state index contributed by atoms with van der Waals surface area (Å²) in [4.78, 5) is 24.4. The van der Waals surface area contributed by atoms with Crippen molar-refractivity contribution in [2.45, 2.75) is 13.3 Å². The predicted octanol–water partition coefficient (Wildman–Crippen LogP) is 1.86. The number of carboxylic acid groups (broad SMARTS) is 1. The van der Waals surface area contributed by atoms with Crippen molar-refractivity contribution in [1.29, 1.82) is 5.26 Å². The van der Waals surface area contributed by atoms with E-state index in [0.29, 0.717) is 6.54 Å². The Balaban J connectivity index is 2.90. The molecule has 0 aliphatic rings. The molecule has 1 aromatic carbocycles. The Bertz CT molecular complexity index is 551. The highest BCUT2D eigenvalue weighted by molar-refractivity contribution is 6.00. The minimum absolute atomic E-state index is 0.0932. The molecule has 0 unspecified atom stereocenters. The number of nitriles is 1. The van der Waals surface area contributed by atoms with Gasteiger partial charge in [-0.2, -0.15) is 5.26 Å². The molecular weight excluding hydrogens is 262 g/mol. The molecule has 1 rings (SSSR count). The maximum Gasteiger partial charge on any atom is 0.337 e. The van der Waals surface area contributed by atoms with E-state index in [0.717, 1.165) is 6.07 Å². The first-order valence-corrected chi connectivity index (χ1v) is 5.98. The Morgan fingerprint density at radius 3 is 2.70 bits per heavy atom. The van der Waals surface area contributed by atoms with Crippen molar-refractivity contribution < 1.29 is 19.8 Å². The molecule has 0 aromatic heterocycles. The van der Waals surface area contributed by atoms with Gasteiger partial charge in [0.2, 0.25) is 0 Å². The van der Waals surface area contributed by atoms with E-state index in [1.165, 1.54) is 17.0 Å². The van der Waals surface area contributed by atoms with Crippen LogP contribution < -0.4 is 5.32 Å². The van der Waals surface area contributed by atoms with Crippen molar-refractivity contribution >= 4 is 17.7 Å². The Kier molecular flexibility index (Phi) is 5.35. The molecule has 1 aromatic rings. The van der Waals surface area contributed by atoms with Gasteiger partial charge in [-0.3, -0.25) is 0 Å². The first kappa shape index (κ1) is 15.3. The van der Waals surface area contributed by atoms with Gasteiger partial charge in [0, 0.05) is 13.1 Å². The van der Waals surface area contributed by atoms with Gasteiger partial charge in [0.15, 0.2) is 0 Å². The number of benzene rings is 1. The molecule has 0 atom stereocenters. The smallest absolute Gasteiger partial charge is 0.337 e. The number of hydrogen-bond acceptors (Lipinski definition) is 4. The Morgan fingerprint density at radius 1 is 1.45 bits per heavy atom. The van der Waals surface area contributed by atoms with Gasteiger partial charge in [-0.25, -0.2) is 9.59 Å². The molecule has 0 saturated carbocycles. The summed E-state index contributed by atoms with van der Waals surface area (Å²) in [5, 5.41) is 29.3. The number of carbonyl (C=O) groups is 2. The molecule has 3 N–H and O–H groups in total. The molecule has 7 nitrogen and oxygen atoms in total. The van der Waals surface area contributed by atoms with E-state index in [9.17, 15) is 14.7 Å². The van der Waals surface area contributed by atoms with Crippen LogP contribution in [-0.2, 0) is 0 Å². The van der Waals surface area contributed by atoms with Crippen LogP contribution in [0.3, 0.4) is 0 Å². The molecule has 0 heterocycles. The lowest BCUT2D eigenvalue weighted by atomic mass is 10.1. The van der Waals surface area contributed by atoms with Gasteiger partial charge >= 0.3 is 12.0 Å². The van der Waals surface area contributed by atoms with Crippen molar-refractivity contribution in [1.82, 2.24) is 4.90 Å². The molecule has 106 valence electrons. The zero-order valence-electron chi connectivity index (χ0n) is 11.0. The predicted molar refractivity (Wildman–Crippen MR) is 71.6 cm³/mol. The summed E-state index contributed by atoms with van der Waals surface area (Å²) in [5.41, 5.74) is -0.106. The Labute approximate surface area is 116 Å². The van der Waals surface area contributed by atoms with Crippen LogP contribution in [0.2, 0.25) is 0 Å². The van der Waals surface area contributed by atoms with Crippen molar-refractivity contribution in [2.75, 3.05) is 18.4 Å². The summed E-state index contributed by atoms with van der Waals surface area (Å²) in [5.74, 6) is -1.45. The number of amides is 2. The summed E-state index contributed by atoms with van der Waals surface area (Å²) in [6, 6.07) is 5.11. The van der Waals surface area contributed by atoms with Crippen molar-refractivity contribution in [2.24, 2.45) is 0 Å². The van der Waals surface area contributed by atoms with Crippen LogP contribution in [-0.4, -0.2) is 40.2 Å². The molecule has 0 fully saturated rings. The summed E-state index contributed by atoms with van der Waals surface area (Å²) < 4.78 is 0. The van der Waals surface area contributed by atoms with Crippen molar-refractivity contribution in [3.63, 3.8) is 0 Å². The number of aromatic hydroxyl groups is 1. The summed E-state index contributed by atoms with van der Waals surface area (Å²) in [6.45, 7) is 2.42. The molecular formula is C13H15N3O4. The number of phenolic OH excluding ortho intramolecular Hbond substituents is 1. The molecule has 20 heavy (non-hydrogen) atoms. The second-order valence-corrected chi connectivity index (χ2v) is 3.95. The highest BCUT2D eigenvalue weighted by atomic mass is 16.4. The van der Waals surface area contributed by atoms with Gasteiger partial charge in [-0.05, 0) is 25.1 Å². The highest BCUT2D eigenvalue weighted by Crippen LogP contribution is 2.21. The molecule has 0 radical (unpaired) electrons. The van der Waals surface area contributed by atoms with E-state index in [2.05, 4.69) is 5.32 Å². The van der Waals surface area contributed by atoms with Gasteiger partial charge in [0.05, 0.1) is 23.7 Å². The second-order valence-electron chi connectivity index (χ2n) is 3.95. The summed E-state index contributed by atoms with van der Waals surface area (Å²) in [7, 11) is 0. The molecule has 0 aliphatic heterocycles. The normalized spacial score (nSPS) is 9.60. The van der Waals surface area contributed by atoms with Crippen LogP contribution >= 0.6 is 0 Å². The molecule has 0 aliphatic carbocycles. The van der Waals surface area contributed by atoms with Crippen molar-refractivity contribution in [3.05, 3.63) is 23.8 Å². The zero-order valence-corrected chi connectivity index (χ0v) is 11.0. The fourth-order valence-corrected chi connectivity index (χ4v) is 1.60. The first-order chi connectivity index (χ1) is 9.49. The third-order valence-electron chi connectivity index (χ3n) is 2.64. The van der Waals surface area contributed by atoms with E-state index in [1.54, 1.807) is 6.92 Å². The number of anilines is 1. The van der Waals surface area contributed by atoms with Gasteiger partial charge < -0.3 is 20.4 Å². The molecule has 0 bridgehead atoms. The van der Waals surface area contributed by atoms with Gasteiger partial charge in [-0.1, -0.05) is 0 Å². The monoisotopic (exact) mass is 277 g/mol. The average Bonchev–Trinajstić information content (AvgIpc) is 2.41. The zero-order chi connectivity index (χ0) is 15.1. The number of phenols is 1. The molecule has 7 heteroatoms. The van der Waals surface area contributed by atoms with E-state index in [4.69, 9.17) is 10.4 Å². The Hall–Kier alpha value is -2.75. The third kappa shape index (κ3) is 3.88. The number of carboxylic acids is 1. The van der Waals surface area contributed by atoms with Gasteiger partial charge in [0.1, 0.15) is 5.75 Å². The quantitative estimate of drug-likeness (QED) is 0.711. The largest absolute Gasteiger partial charge is 0.508 e. The Morgan fingerprint density at radius 2 is 2.15 bits per heavy atom. The van der Waals surface area contributed by atoms with Crippen LogP contribution in [0.4, 0.5) is 10.5 Å². The lowest BCUT2D eigenvalue weighted by molar-refractivity contribution is 0.0697. The van der Waals surface area contributed by atoms with Crippen LogP contribution in [0.1, 0.15) is 23.7 Å². The average molecular weight is 277 g/mol. The van der Waals surface area contributed by atoms with Crippen LogP contribution in [0.25, 0.3) is 0 Å². The highest BCUT2D eigenvalue weighted by Gasteiger charge is 2.16. The van der Waals surface area contributed by atoms with E-state index in [-0.39, 0.29) is 30.0 Å². The van der Waals surface area contributed by atoms with Crippen LogP contribution in [0, 0.1) is 11.3 Å². The number of hydrogen-bond donors (Lipinski definition) is 3. The second kappa shape index (κ2) is 6.99. The lowest BCUT2D eigenvalue weighted by Crippen LogP contribution is -2.35. The minimum atomic E-state index is -1.25. The lowest BCUT2D eigenvalue weighted by Gasteiger charge is -2.20. The third-order valence-corrected chi connectivity index (χ3v) is 2.64. The maximum atomic E-state index is 12.0. The topological polar surface area (TPSA) is 114 Å². The number of aromatic carboxylic acids is 1. The first-order valence-electron chi connectivity index (χ1n) is 5.98. The molecule has 0 saturated heterocycles. The number of carbonyl (C=O) groups excluding carboxylic acids is 1. The minimum Gasteiger partial charge on any atom is -0.508 e. The van der Waals surface area contributed by atoms with Crippen LogP contribution in [0.15, 0.2) is 18.2 Å². The number of nitrogens with zero attached hydrogens (tertiary/aromatic N) is 2. The van der Waals surface area contributed by atoms with E-state index >= 15 is 0 Å². The fourth-order valence-electron chi connectivity index (χ4n) is 1.60. The van der Waals surface area contributed by atoms with Gasteiger partial charge in [0.25, 0.3) is 0 Å². The fraction of sp³-hybridized carbons (Fsp3) is 0.308. The maximum absolute atomic E-state index is 12.0. The van der Waals surface area contributed by atoms with Crippen LogP contribution in [0.5, 0.6) is 5.75 Å². The molecule has 2 amide bonds. The standard InChI is InChI=1S/C13H15N3O4/c1-2-16(7-3-6-14)13(20)15-11-5-4-9(17)8-10(11)12(18)19/h4-5,8,17H,2-3,7H2,1H3,(H,15,20)(H,18,19).